The van der Waals surface area contributed by atoms with Crippen LogP contribution in [0.15, 0.2) is 33.4 Å². The lowest BCUT2D eigenvalue weighted by atomic mass is 10.0. The lowest BCUT2D eigenvalue weighted by Crippen LogP contribution is -2.27. The molecule has 0 saturated carbocycles. The Bertz CT molecular complexity index is 319. The Balaban J connectivity index is 1.85. The van der Waals surface area contributed by atoms with Gasteiger partial charge < -0.3 is 9.73 Å². The van der Waals surface area contributed by atoms with E-state index in [0.717, 1.165) is 16.8 Å². The first-order valence-electron chi connectivity index (χ1n) is 4.98. The standard InChI is InChI=1S/C11H14BrNO/c12-10-6-7-14-11(10)8-13-9-4-2-1-3-5-9/h2,4,6-7,9,13H,1,3,5,8H2. The van der Waals surface area contributed by atoms with Crippen LogP contribution in [0.3, 0.4) is 0 Å². The maximum Gasteiger partial charge on any atom is 0.131 e. The summed E-state index contributed by atoms with van der Waals surface area (Å²) >= 11 is 3.44. The number of furan rings is 1. The molecule has 2 nitrogen and oxygen atoms in total. The van der Waals surface area contributed by atoms with Gasteiger partial charge in [0.25, 0.3) is 0 Å². The zero-order valence-electron chi connectivity index (χ0n) is 8.00. The summed E-state index contributed by atoms with van der Waals surface area (Å²) in [5.74, 6) is 0.976. The van der Waals surface area contributed by atoms with Crippen molar-refractivity contribution in [1.29, 1.82) is 0 Å². The van der Waals surface area contributed by atoms with Crippen molar-refractivity contribution in [3.63, 3.8) is 0 Å². The summed E-state index contributed by atoms with van der Waals surface area (Å²) < 4.78 is 6.37. The first kappa shape index (κ1) is 9.99. The summed E-state index contributed by atoms with van der Waals surface area (Å²) in [6.45, 7) is 0.794. The van der Waals surface area contributed by atoms with Gasteiger partial charge in [0.2, 0.25) is 0 Å². The third kappa shape index (κ3) is 2.49. The lowest BCUT2D eigenvalue weighted by Gasteiger charge is -2.17. The van der Waals surface area contributed by atoms with Gasteiger partial charge in [-0.1, -0.05) is 12.2 Å². The number of allylic oxidation sites excluding steroid dienone is 1. The highest BCUT2D eigenvalue weighted by Crippen LogP contribution is 2.18. The van der Waals surface area contributed by atoms with Crippen molar-refractivity contribution in [3.8, 4) is 0 Å². The summed E-state index contributed by atoms with van der Waals surface area (Å²) in [4.78, 5) is 0. The molecule has 1 aromatic heterocycles. The highest BCUT2D eigenvalue weighted by atomic mass is 79.9. The highest BCUT2D eigenvalue weighted by Gasteiger charge is 2.09. The van der Waals surface area contributed by atoms with Gasteiger partial charge in [0.1, 0.15) is 5.76 Å². The first-order chi connectivity index (χ1) is 6.86. The zero-order chi connectivity index (χ0) is 9.80. The molecular formula is C11H14BrNO. The SMILES string of the molecule is Brc1ccoc1CNC1C=CCCC1. The van der Waals surface area contributed by atoms with Crippen molar-refractivity contribution in [2.45, 2.75) is 31.8 Å². The van der Waals surface area contributed by atoms with Gasteiger partial charge in [0.15, 0.2) is 0 Å². The van der Waals surface area contributed by atoms with Crippen LogP contribution in [0.4, 0.5) is 0 Å². The molecule has 0 bridgehead atoms. The van der Waals surface area contributed by atoms with E-state index in [1.807, 2.05) is 6.07 Å². The molecular weight excluding hydrogens is 242 g/mol. The molecule has 0 aliphatic heterocycles. The van der Waals surface area contributed by atoms with E-state index in [9.17, 15) is 0 Å². The van der Waals surface area contributed by atoms with Crippen molar-refractivity contribution in [2.75, 3.05) is 0 Å². The van der Waals surface area contributed by atoms with E-state index < -0.39 is 0 Å². The highest BCUT2D eigenvalue weighted by molar-refractivity contribution is 9.10. The monoisotopic (exact) mass is 255 g/mol. The van der Waals surface area contributed by atoms with Crippen molar-refractivity contribution >= 4 is 15.9 Å². The quantitative estimate of drug-likeness (QED) is 0.840. The molecule has 1 N–H and O–H groups in total. The van der Waals surface area contributed by atoms with Gasteiger partial charge in [0, 0.05) is 6.04 Å². The Morgan fingerprint density at radius 2 is 2.50 bits per heavy atom. The van der Waals surface area contributed by atoms with Gasteiger partial charge in [-0.15, -0.1) is 0 Å². The third-order valence-electron chi connectivity index (χ3n) is 2.47. The van der Waals surface area contributed by atoms with Crippen LogP contribution in [-0.2, 0) is 6.54 Å². The Morgan fingerprint density at radius 1 is 1.57 bits per heavy atom. The molecule has 14 heavy (non-hydrogen) atoms. The van der Waals surface area contributed by atoms with Gasteiger partial charge in [-0.05, 0) is 41.3 Å². The molecule has 1 aliphatic carbocycles. The summed E-state index contributed by atoms with van der Waals surface area (Å²) in [5, 5.41) is 3.45. The maximum atomic E-state index is 5.32. The fourth-order valence-corrected chi connectivity index (χ4v) is 2.00. The molecule has 3 heteroatoms. The summed E-state index contributed by atoms with van der Waals surface area (Å²) in [6, 6.07) is 2.44. The maximum absolute atomic E-state index is 5.32. The van der Waals surface area contributed by atoms with E-state index in [4.69, 9.17) is 4.42 Å². The predicted octanol–water partition coefficient (Wildman–Crippen LogP) is 3.24. The Kier molecular flexibility index (Phi) is 3.43. The van der Waals surface area contributed by atoms with Crippen molar-refractivity contribution < 1.29 is 4.42 Å². The molecule has 0 fully saturated rings. The van der Waals surface area contributed by atoms with Gasteiger partial charge in [-0.3, -0.25) is 0 Å². The van der Waals surface area contributed by atoms with Gasteiger partial charge in [-0.2, -0.15) is 0 Å². The Labute approximate surface area is 92.5 Å². The number of halogens is 1. The molecule has 76 valence electrons. The Morgan fingerprint density at radius 3 is 3.14 bits per heavy atom. The van der Waals surface area contributed by atoms with Crippen LogP contribution in [0.25, 0.3) is 0 Å². The molecule has 0 saturated heterocycles. The van der Waals surface area contributed by atoms with Crippen LogP contribution < -0.4 is 5.32 Å². The van der Waals surface area contributed by atoms with Crippen LogP contribution in [0.2, 0.25) is 0 Å². The molecule has 0 amide bonds. The topological polar surface area (TPSA) is 25.2 Å². The predicted molar refractivity (Wildman–Crippen MR) is 60.0 cm³/mol. The fraction of sp³-hybridized carbons (Fsp3) is 0.455. The van der Waals surface area contributed by atoms with Crippen molar-refractivity contribution in [1.82, 2.24) is 5.32 Å². The number of hydrogen-bond acceptors (Lipinski definition) is 2. The number of nitrogens with one attached hydrogen (secondary N) is 1. The largest absolute Gasteiger partial charge is 0.467 e. The van der Waals surface area contributed by atoms with Crippen LogP contribution in [0, 0.1) is 0 Å². The average molecular weight is 256 g/mol. The molecule has 0 aromatic carbocycles. The minimum Gasteiger partial charge on any atom is -0.467 e. The number of rotatable bonds is 3. The number of hydrogen-bond donors (Lipinski definition) is 1. The smallest absolute Gasteiger partial charge is 0.131 e. The summed E-state index contributed by atoms with van der Waals surface area (Å²) in [6.07, 6.45) is 9.95. The fourth-order valence-electron chi connectivity index (χ4n) is 1.66. The third-order valence-corrected chi connectivity index (χ3v) is 3.18. The van der Waals surface area contributed by atoms with E-state index >= 15 is 0 Å². The van der Waals surface area contributed by atoms with Gasteiger partial charge in [-0.25, -0.2) is 0 Å². The molecule has 1 aliphatic rings. The second-order valence-electron chi connectivity index (χ2n) is 3.54. The Hall–Kier alpha value is -0.540. The molecule has 1 atom stereocenters. The van der Waals surface area contributed by atoms with Crippen molar-refractivity contribution in [2.24, 2.45) is 0 Å². The van der Waals surface area contributed by atoms with E-state index in [1.54, 1.807) is 6.26 Å². The minimum absolute atomic E-state index is 0.515. The van der Waals surface area contributed by atoms with Crippen LogP contribution >= 0.6 is 15.9 Å². The van der Waals surface area contributed by atoms with E-state index in [-0.39, 0.29) is 0 Å². The first-order valence-corrected chi connectivity index (χ1v) is 5.77. The summed E-state index contributed by atoms with van der Waals surface area (Å²) in [7, 11) is 0. The molecule has 0 radical (unpaired) electrons. The molecule has 1 heterocycles. The van der Waals surface area contributed by atoms with E-state index in [2.05, 4.69) is 33.4 Å². The molecule has 1 aromatic rings. The van der Waals surface area contributed by atoms with Gasteiger partial charge in [0.05, 0.1) is 17.3 Å². The molecule has 1 unspecified atom stereocenters. The second-order valence-corrected chi connectivity index (χ2v) is 4.39. The van der Waals surface area contributed by atoms with Crippen LogP contribution in [0.1, 0.15) is 25.0 Å². The van der Waals surface area contributed by atoms with Crippen molar-refractivity contribution in [3.05, 3.63) is 34.7 Å². The van der Waals surface area contributed by atoms with Crippen LogP contribution in [-0.4, -0.2) is 6.04 Å². The van der Waals surface area contributed by atoms with E-state index in [1.165, 1.54) is 19.3 Å². The lowest BCUT2D eigenvalue weighted by molar-refractivity contribution is 0.448. The zero-order valence-corrected chi connectivity index (χ0v) is 9.59. The summed E-state index contributed by atoms with van der Waals surface area (Å²) in [5.41, 5.74) is 0. The van der Waals surface area contributed by atoms with E-state index in [0.29, 0.717) is 6.04 Å². The average Bonchev–Trinajstić information content (AvgIpc) is 2.63. The molecule has 2 rings (SSSR count). The minimum atomic E-state index is 0.515. The van der Waals surface area contributed by atoms with Gasteiger partial charge >= 0.3 is 0 Å². The van der Waals surface area contributed by atoms with Crippen LogP contribution in [0.5, 0.6) is 0 Å². The second kappa shape index (κ2) is 4.80. The molecule has 0 spiro atoms. The normalized spacial score (nSPS) is 21.4.